The molecular formula is C12H10ClFO2. The first-order valence-electron chi connectivity index (χ1n) is 4.73. The molecular weight excluding hydrogens is 231 g/mol. The zero-order valence-corrected chi connectivity index (χ0v) is 9.47. The second-order valence-electron chi connectivity index (χ2n) is 2.94. The number of carbonyl (C=O) groups is 1. The van der Waals surface area contributed by atoms with E-state index >= 15 is 0 Å². The quantitative estimate of drug-likeness (QED) is 0.587. The van der Waals surface area contributed by atoms with Gasteiger partial charge in [-0.3, -0.25) is 4.79 Å². The Morgan fingerprint density at radius 3 is 2.94 bits per heavy atom. The predicted octanol–water partition coefficient (Wildman–Crippen LogP) is 2.78. The van der Waals surface area contributed by atoms with Crippen LogP contribution in [0.15, 0.2) is 18.2 Å². The molecule has 0 fully saturated rings. The van der Waals surface area contributed by atoms with E-state index in [2.05, 4.69) is 11.8 Å². The SMILES string of the molecule is CCC(=O)OCC#Cc1ccc(F)c(Cl)c1. The number of esters is 1. The number of carbonyl (C=O) groups excluding carboxylic acids is 1. The molecule has 0 radical (unpaired) electrons. The Labute approximate surface area is 98.4 Å². The van der Waals surface area contributed by atoms with Crippen molar-refractivity contribution in [1.29, 1.82) is 0 Å². The predicted molar refractivity (Wildman–Crippen MR) is 59.5 cm³/mol. The third-order valence-corrected chi connectivity index (χ3v) is 2.04. The molecule has 1 aromatic rings. The monoisotopic (exact) mass is 240 g/mol. The summed E-state index contributed by atoms with van der Waals surface area (Å²) >= 11 is 5.57. The van der Waals surface area contributed by atoms with Gasteiger partial charge in [0, 0.05) is 12.0 Å². The highest BCUT2D eigenvalue weighted by atomic mass is 35.5. The van der Waals surface area contributed by atoms with E-state index in [1.165, 1.54) is 18.2 Å². The number of benzene rings is 1. The second kappa shape index (κ2) is 6.14. The molecule has 0 amide bonds. The van der Waals surface area contributed by atoms with Gasteiger partial charge in [0.05, 0.1) is 5.02 Å². The van der Waals surface area contributed by atoms with Crippen molar-refractivity contribution < 1.29 is 13.9 Å². The molecule has 1 rings (SSSR count). The summed E-state index contributed by atoms with van der Waals surface area (Å²) in [6, 6.07) is 4.17. The lowest BCUT2D eigenvalue weighted by atomic mass is 10.2. The van der Waals surface area contributed by atoms with Crippen LogP contribution >= 0.6 is 11.6 Å². The Morgan fingerprint density at radius 1 is 1.56 bits per heavy atom. The zero-order chi connectivity index (χ0) is 12.0. The van der Waals surface area contributed by atoms with Gasteiger partial charge in [0.25, 0.3) is 0 Å². The molecule has 0 spiro atoms. The number of rotatable bonds is 2. The summed E-state index contributed by atoms with van der Waals surface area (Å²) in [6.45, 7) is 1.73. The Hall–Kier alpha value is -1.53. The average molecular weight is 241 g/mol. The molecule has 1 aromatic carbocycles. The number of hydrogen-bond acceptors (Lipinski definition) is 2. The fraction of sp³-hybridized carbons (Fsp3) is 0.250. The molecule has 0 heterocycles. The maximum absolute atomic E-state index is 12.8. The van der Waals surface area contributed by atoms with E-state index in [0.29, 0.717) is 12.0 Å². The van der Waals surface area contributed by atoms with E-state index in [4.69, 9.17) is 16.3 Å². The molecule has 0 bridgehead atoms. The van der Waals surface area contributed by atoms with Crippen LogP contribution in [0.4, 0.5) is 4.39 Å². The summed E-state index contributed by atoms with van der Waals surface area (Å²) in [6.07, 6.45) is 0.323. The van der Waals surface area contributed by atoms with Gasteiger partial charge in [-0.2, -0.15) is 0 Å². The van der Waals surface area contributed by atoms with Crippen molar-refractivity contribution in [2.75, 3.05) is 6.61 Å². The smallest absolute Gasteiger partial charge is 0.306 e. The normalized spacial score (nSPS) is 9.19. The molecule has 0 unspecified atom stereocenters. The average Bonchev–Trinajstić information content (AvgIpc) is 2.28. The number of hydrogen-bond donors (Lipinski definition) is 0. The lowest BCUT2D eigenvalue weighted by Crippen LogP contribution is -2.01. The molecule has 0 aromatic heterocycles. The highest BCUT2D eigenvalue weighted by Crippen LogP contribution is 2.15. The minimum Gasteiger partial charge on any atom is -0.452 e. The van der Waals surface area contributed by atoms with Crippen molar-refractivity contribution in [3.63, 3.8) is 0 Å². The van der Waals surface area contributed by atoms with Gasteiger partial charge in [0.15, 0.2) is 6.61 Å². The minimum atomic E-state index is -0.482. The Balaban J connectivity index is 2.56. The van der Waals surface area contributed by atoms with Crippen LogP contribution in [0.3, 0.4) is 0 Å². The summed E-state index contributed by atoms with van der Waals surface area (Å²) < 4.78 is 17.5. The molecule has 0 saturated heterocycles. The van der Waals surface area contributed by atoms with E-state index < -0.39 is 5.82 Å². The zero-order valence-electron chi connectivity index (χ0n) is 8.72. The Bertz CT molecular complexity index is 446. The molecule has 0 aliphatic heterocycles. The Kier molecular flexibility index (Phi) is 4.81. The number of halogens is 2. The highest BCUT2D eigenvalue weighted by Gasteiger charge is 1.98. The van der Waals surface area contributed by atoms with Gasteiger partial charge in [-0.05, 0) is 18.2 Å². The van der Waals surface area contributed by atoms with Gasteiger partial charge in [-0.25, -0.2) is 4.39 Å². The molecule has 0 saturated carbocycles. The molecule has 0 atom stereocenters. The third kappa shape index (κ3) is 3.92. The van der Waals surface area contributed by atoms with Crippen LogP contribution < -0.4 is 0 Å². The fourth-order valence-electron chi connectivity index (χ4n) is 0.931. The van der Waals surface area contributed by atoms with Gasteiger partial charge in [-0.1, -0.05) is 30.4 Å². The van der Waals surface area contributed by atoms with Gasteiger partial charge >= 0.3 is 5.97 Å². The van der Waals surface area contributed by atoms with E-state index in [0.717, 1.165) is 0 Å². The van der Waals surface area contributed by atoms with Crippen molar-refractivity contribution in [3.05, 3.63) is 34.6 Å². The van der Waals surface area contributed by atoms with Crippen LogP contribution in [-0.4, -0.2) is 12.6 Å². The first-order valence-corrected chi connectivity index (χ1v) is 5.11. The number of ether oxygens (including phenoxy) is 1. The minimum absolute atomic E-state index is 0.0253. The van der Waals surface area contributed by atoms with Crippen molar-refractivity contribution in [1.82, 2.24) is 0 Å². The van der Waals surface area contributed by atoms with Crippen LogP contribution in [0.25, 0.3) is 0 Å². The van der Waals surface area contributed by atoms with Crippen molar-refractivity contribution in [2.24, 2.45) is 0 Å². The highest BCUT2D eigenvalue weighted by molar-refractivity contribution is 6.30. The van der Waals surface area contributed by atoms with Crippen molar-refractivity contribution in [2.45, 2.75) is 13.3 Å². The summed E-state index contributed by atoms with van der Waals surface area (Å²) in [5, 5.41) is 0.0253. The maximum atomic E-state index is 12.8. The molecule has 2 nitrogen and oxygen atoms in total. The van der Waals surface area contributed by atoms with Crippen LogP contribution in [0.2, 0.25) is 5.02 Å². The Morgan fingerprint density at radius 2 is 2.31 bits per heavy atom. The first-order chi connectivity index (χ1) is 7.63. The second-order valence-corrected chi connectivity index (χ2v) is 3.35. The largest absolute Gasteiger partial charge is 0.452 e. The first kappa shape index (κ1) is 12.5. The summed E-state index contributed by atoms with van der Waals surface area (Å²) in [7, 11) is 0. The van der Waals surface area contributed by atoms with Crippen molar-refractivity contribution >= 4 is 17.6 Å². The van der Waals surface area contributed by atoms with Crippen LogP contribution in [0, 0.1) is 17.7 Å². The molecule has 0 aliphatic carbocycles. The third-order valence-electron chi connectivity index (χ3n) is 1.75. The van der Waals surface area contributed by atoms with Gasteiger partial charge in [0.1, 0.15) is 5.82 Å². The summed E-state index contributed by atoms with van der Waals surface area (Å²) in [4.78, 5) is 10.8. The molecule has 0 N–H and O–H groups in total. The van der Waals surface area contributed by atoms with Gasteiger partial charge in [0.2, 0.25) is 0 Å². The van der Waals surface area contributed by atoms with E-state index in [9.17, 15) is 9.18 Å². The lowest BCUT2D eigenvalue weighted by molar-refractivity contribution is -0.141. The van der Waals surface area contributed by atoms with Crippen LogP contribution in [-0.2, 0) is 9.53 Å². The lowest BCUT2D eigenvalue weighted by Gasteiger charge is -1.96. The molecule has 0 aliphatic rings. The van der Waals surface area contributed by atoms with E-state index in [-0.39, 0.29) is 17.6 Å². The van der Waals surface area contributed by atoms with Gasteiger partial charge < -0.3 is 4.74 Å². The standard InChI is InChI=1S/C12H10ClFO2/c1-2-12(15)16-7-3-4-9-5-6-11(14)10(13)8-9/h5-6,8H,2,7H2,1H3. The maximum Gasteiger partial charge on any atom is 0.306 e. The topological polar surface area (TPSA) is 26.3 Å². The summed E-state index contributed by atoms with van der Waals surface area (Å²) in [5.41, 5.74) is 0.582. The van der Waals surface area contributed by atoms with E-state index in [1.54, 1.807) is 6.92 Å². The molecule has 16 heavy (non-hydrogen) atoms. The summed E-state index contributed by atoms with van der Waals surface area (Å²) in [5.74, 6) is 4.57. The molecule has 4 heteroatoms. The van der Waals surface area contributed by atoms with Crippen LogP contribution in [0.1, 0.15) is 18.9 Å². The van der Waals surface area contributed by atoms with Crippen LogP contribution in [0.5, 0.6) is 0 Å². The van der Waals surface area contributed by atoms with Crippen molar-refractivity contribution in [3.8, 4) is 11.8 Å². The van der Waals surface area contributed by atoms with E-state index in [1.807, 2.05) is 0 Å². The van der Waals surface area contributed by atoms with Gasteiger partial charge in [-0.15, -0.1) is 0 Å². The molecule has 84 valence electrons. The fourth-order valence-corrected chi connectivity index (χ4v) is 1.11.